The molecule has 0 aliphatic carbocycles. The third-order valence-corrected chi connectivity index (χ3v) is 5.81. The fourth-order valence-corrected chi connectivity index (χ4v) is 4.04. The number of nitrogens with one attached hydrogen (secondary N) is 2. The fraction of sp³-hybridized carbons (Fsp3) is 0.233. The number of carbonyl (C=O) groups is 1. The molecule has 1 amide bonds. The predicted octanol–water partition coefficient (Wildman–Crippen LogP) is 5.14. The molecule has 0 spiro atoms. The highest BCUT2D eigenvalue weighted by Gasteiger charge is 2.19. The van der Waals surface area contributed by atoms with E-state index in [1.54, 1.807) is 31.2 Å². The van der Waals surface area contributed by atoms with Gasteiger partial charge in [-0.1, -0.05) is 30.0 Å². The Labute approximate surface area is 210 Å². The van der Waals surface area contributed by atoms with Gasteiger partial charge in [0.15, 0.2) is 0 Å². The zero-order valence-corrected chi connectivity index (χ0v) is 20.6. The van der Waals surface area contributed by atoms with Gasteiger partial charge >= 0.3 is 0 Å². The molecule has 5 nitrogen and oxygen atoms in total. The first-order chi connectivity index (χ1) is 17.3. The number of hydrogen-bond donors (Lipinski definition) is 3. The minimum atomic E-state index is -0.486. The third-order valence-electron chi connectivity index (χ3n) is 5.81. The summed E-state index contributed by atoms with van der Waals surface area (Å²) in [6.07, 6.45) is 2.24. The molecule has 1 atom stereocenters. The Hall–Kier alpha value is -4.08. The molecule has 0 fully saturated rings. The lowest BCUT2D eigenvalue weighted by atomic mass is 10.0. The minimum absolute atomic E-state index is 0.129. The number of aromatic nitrogens is 1. The van der Waals surface area contributed by atoms with Crippen LogP contribution in [-0.2, 0) is 6.42 Å². The predicted molar refractivity (Wildman–Crippen MR) is 140 cm³/mol. The molecule has 36 heavy (non-hydrogen) atoms. The number of para-hydroxylation sites is 1. The van der Waals surface area contributed by atoms with Crippen LogP contribution in [0.5, 0.6) is 5.75 Å². The number of aliphatic hydroxyl groups excluding tert-OH is 1. The Morgan fingerprint density at radius 2 is 1.92 bits per heavy atom. The number of benzene rings is 3. The largest absolute Gasteiger partial charge is 0.490 e. The number of aromatic amines is 1. The summed E-state index contributed by atoms with van der Waals surface area (Å²) in [4.78, 5) is 16.6. The molecule has 3 N–H and O–H groups in total. The van der Waals surface area contributed by atoms with Crippen molar-refractivity contribution in [2.24, 2.45) is 0 Å². The van der Waals surface area contributed by atoms with Crippen molar-refractivity contribution in [3.8, 4) is 17.6 Å². The number of halogens is 1. The summed E-state index contributed by atoms with van der Waals surface area (Å²) < 4.78 is 19.3. The third kappa shape index (κ3) is 5.94. The van der Waals surface area contributed by atoms with Crippen molar-refractivity contribution in [3.63, 3.8) is 0 Å². The number of carbonyl (C=O) groups excluding carboxylic acids is 1. The van der Waals surface area contributed by atoms with E-state index in [9.17, 15) is 14.3 Å². The van der Waals surface area contributed by atoms with Gasteiger partial charge in [0, 0.05) is 28.2 Å². The molecule has 184 valence electrons. The molecule has 4 rings (SSSR count). The number of aliphatic hydroxyl groups is 1. The van der Waals surface area contributed by atoms with Crippen LogP contribution >= 0.6 is 0 Å². The SMILES string of the molecule is Cc1cc(F)ccc1C#Cc1ccc(OC(C)C)c(C(=O)N[C@@H](CO)Cc2c[nH]c3ccccc23)c1. The number of aryl methyl sites for hydroxylation is 1. The standard InChI is InChI=1S/C30H29FN2O3/c1-19(2)36-29-13-9-21(8-10-22-11-12-24(31)14-20(22)3)15-27(29)30(35)33-25(18-34)16-23-17-32-28-7-5-4-6-26(23)28/h4-7,9,11-15,17,19,25,32,34H,16,18H2,1-3H3,(H,33,35)/t25-/m1/s1. The number of H-pyrrole nitrogens is 1. The first-order valence-electron chi connectivity index (χ1n) is 11.9. The molecular formula is C30H29FN2O3. The molecule has 0 saturated carbocycles. The van der Waals surface area contributed by atoms with Gasteiger partial charge in [0.2, 0.25) is 0 Å². The van der Waals surface area contributed by atoms with Crippen molar-refractivity contribution in [1.29, 1.82) is 0 Å². The molecule has 0 aliphatic heterocycles. The summed E-state index contributed by atoms with van der Waals surface area (Å²) in [5, 5.41) is 14.0. The van der Waals surface area contributed by atoms with Gasteiger partial charge in [-0.15, -0.1) is 0 Å². The highest BCUT2D eigenvalue weighted by Crippen LogP contribution is 2.23. The lowest BCUT2D eigenvalue weighted by Gasteiger charge is -2.19. The Morgan fingerprint density at radius 1 is 1.11 bits per heavy atom. The summed E-state index contributed by atoms with van der Waals surface area (Å²) in [6.45, 7) is 5.36. The van der Waals surface area contributed by atoms with E-state index in [1.807, 2.05) is 44.3 Å². The van der Waals surface area contributed by atoms with Gasteiger partial charge in [0.1, 0.15) is 11.6 Å². The van der Waals surface area contributed by atoms with Crippen LogP contribution < -0.4 is 10.1 Å². The van der Waals surface area contributed by atoms with E-state index in [2.05, 4.69) is 22.1 Å². The van der Waals surface area contributed by atoms with Gasteiger partial charge in [-0.05, 0) is 80.8 Å². The van der Waals surface area contributed by atoms with E-state index in [0.717, 1.165) is 22.0 Å². The maximum absolute atomic E-state index is 13.4. The normalized spacial score (nSPS) is 11.7. The number of amides is 1. The van der Waals surface area contributed by atoms with Crippen molar-refractivity contribution in [1.82, 2.24) is 10.3 Å². The second-order valence-corrected chi connectivity index (χ2v) is 9.00. The van der Waals surface area contributed by atoms with E-state index < -0.39 is 6.04 Å². The van der Waals surface area contributed by atoms with Crippen LogP contribution in [0.2, 0.25) is 0 Å². The smallest absolute Gasteiger partial charge is 0.255 e. The Balaban J connectivity index is 1.59. The second-order valence-electron chi connectivity index (χ2n) is 9.00. The van der Waals surface area contributed by atoms with Crippen LogP contribution in [0, 0.1) is 24.6 Å². The molecule has 1 heterocycles. The van der Waals surface area contributed by atoms with Crippen molar-refractivity contribution in [2.45, 2.75) is 39.3 Å². The molecule has 6 heteroatoms. The highest BCUT2D eigenvalue weighted by atomic mass is 19.1. The van der Waals surface area contributed by atoms with E-state index in [0.29, 0.717) is 28.9 Å². The average Bonchev–Trinajstić information content (AvgIpc) is 3.26. The topological polar surface area (TPSA) is 74.3 Å². The molecule has 0 bridgehead atoms. The molecular weight excluding hydrogens is 455 g/mol. The van der Waals surface area contributed by atoms with Crippen molar-refractivity contribution in [3.05, 3.63) is 100 Å². The van der Waals surface area contributed by atoms with Crippen LogP contribution in [0.4, 0.5) is 4.39 Å². The summed E-state index contributed by atoms with van der Waals surface area (Å²) in [5.41, 5.74) is 4.43. The monoisotopic (exact) mass is 484 g/mol. The summed E-state index contributed by atoms with van der Waals surface area (Å²) >= 11 is 0. The number of ether oxygens (including phenoxy) is 1. The quantitative estimate of drug-likeness (QED) is 0.318. The van der Waals surface area contributed by atoms with Gasteiger partial charge in [-0.2, -0.15) is 0 Å². The van der Waals surface area contributed by atoms with Gasteiger partial charge < -0.3 is 20.1 Å². The zero-order valence-electron chi connectivity index (χ0n) is 20.6. The van der Waals surface area contributed by atoms with Crippen LogP contribution in [0.3, 0.4) is 0 Å². The Morgan fingerprint density at radius 3 is 2.67 bits per heavy atom. The van der Waals surface area contributed by atoms with Crippen molar-refractivity contribution >= 4 is 16.8 Å². The van der Waals surface area contributed by atoms with Gasteiger partial charge in [-0.3, -0.25) is 4.79 Å². The molecule has 0 radical (unpaired) electrons. The van der Waals surface area contributed by atoms with Gasteiger partial charge in [0.25, 0.3) is 5.91 Å². The highest BCUT2D eigenvalue weighted by molar-refractivity contribution is 5.97. The van der Waals surface area contributed by atoms with Crippen LogP contribution in [0.15, 0.2) is 66.9 Å². The van der Waals surface area contributed by atoms with Gasteiger partial charge in [-0.25, -0.2) is 4.39 Å². The van der Waals surface area contributed by atoms with E-state index in [4.69, 9.17) is 4.74 Å². The molecule has 0 aliphatic rings. The minimum Gasteiger partial charge on any atom is -0.490 e. The van der Waals surface area contributed by atoms with E-state index in [1.165, 1.54) is 12.1 Å². The van der Waals surface area contributed by atoms with E-state index >= 15 is 0 Å². The fourth-order valence-electron chi connectivity index (χ4n) is 4.04. The maximum atomic E-state index is 13.4. The Bertz CT molecular complexity index is 1450. The van der Waals surface area contributed by atoms with Crippen molar-refractivity contribution in [2.75, 3.05) is 6.61 Å². The van der Waals surface area contributed by atoms with Crippen LogP contribution in [0.25, 0.3) is 10.9 Å². The van der Waals surface area contributed by atoms with Crippen molar-refractivity contribution < 1.29 is 19.0 Å². The first kappa shape index (κ1) is 25.0. The lowest BCUT2D eigenvalue weighted by molar-refractivity contribution is 0.0910. The van der Waals surface area contributed by atoms with Crippen LogP contribution in [-0.4, -0.2) is 34.8 Å². The summed E-state index contributed by atoms with van der Waals surface area (Å²) in [7, 11) is 0. The average molecular weight is 485 g/mol. The number of rotatable bonds is 7. The van der Waals surface area contributed by atoms with Crippen LogP contribution in [0.1, 0.15) is 46.5 Å². The first-order valence-corrected chi connectivity index (χ1v) is 11.9. The lowest BCUT2D eigenvalue weighted by Crippen LogP contribution is -2.39. The molecule has 3 aromatic carbocycles. The number of hydrogen-bond acceptors (Lipinski definition) is 3. The molecule has 1 aromatic heterocycles. The molecule has 0 unspecified atom stereocenters. The van der Waals surface area contributed by atoms with Gasteiger partial charge in [0.05, 0.1) is 24.3 Å². The molecule has 0 saturated heterocycles. The molecule has 4 aromatic rings. The zero-order chi connectivity index (χ0) is 25.7. The Kier molecular flexibility index (Phi) is 7.72. The summed E-state index contributed by atoms with van der Waals surface area (Å²) in [6, 6.07) is 17.1. The number of fused-ring (bicyclic) bond motifs is 1. The second kappa shape index (κ2) is 11.1. The maximum Gasteiger partial charge on any atom is 0.255 e. The summed E-state index contributed by atoms with van der Waals surface area (Å²) in [5.74, 6) is 5.89. The van der Waals surface area contributed by atoms with E-state index in [-0.39, 0.29) is 24.4 Å².